The highest BCUT2D eigenvalue weighted by molar-refractivity contribution is 5.94. The quantitative estimate of drug-likeness (QED) is 0.488. The lowest BCUT2D eigenvalue weighted by molar-refractivity contribution is -0.382. The van der Waals surface area contributed by atoms with E-state index in [1.54, 1.807) is 36.5 Å². The van der Waals surface area contributed by atoms with Crippen molar-refractivity contribution in [3.63, 3.8) is 0 Å². The number of nitro groups is 1. The van der Waals surface area contributed by atoms with E-state index in [1.807, 2.05) is 0 Å². The molecule has 0 atom stereocenters. The number of nitro benzene ring substituents is 1. The fourth-order valence-electron chi connectivity index (χ4n) is 2.69. The molecule has 3 aromatic rings. The van der Waals surface area contributed by atoms with E-state index in [1.165, 1.54) is 19.2 Å². The zero-order chi connectivity index (χ0) is 19.4. The number of fused-ring (bicyclic) bond motifs is 1. The summed E-state index contributed by atoms with van der Waals surface area (Å²) in [5.74, 6) is 0.0609. The first-order chi connectivity index (χ1) is 13.0. The van der Waals surface area contributed by atoms with Gasteiger partial charge in [0.15, 0.2) is 11.5 Å². The van der Waals surface area contributed by atoms with E-state index in [2.05, 4.69) is 15.0 Å². The van der Waals surface area contributed by atoms with Crippen molar-refractivity contribution in [1.82, 2.24) is 4.98 Å². The van der Waals surface area contributed by atoms with Crippen molar-refractivity contribution in [2.45, 2.75) is 13.2 Å². The predicted octanol–water partition coefficient (Wildman–Crippen LogP) is 4.37. The Kier molecular flexibility index (Phi) is 5.30. The summed E-state index contributed by atoms with van der Waals surface area (Å²) in [6.45, 7) is -2.74. The van der Waals surface area contributed by atoms with E-state index in [0.29, 0.717) is 22.2 Å². The summed E-state index contributed by atoms with van der Waals surface area (Å²) >= 11 is 0. The van der Waals surface area contributed by atoms with Gasteiger partial charge in [-0.15, -0.1) is 0 Å². The standard InChI is InChI=1S/C18H15F2N3O4/c1-26-16-9-11(4-7-15(16)27-18(19)20)10-22-14-6-5-13-12(3-2-8-21-13)17(14)23(24)25/h2-9,18,22H,10H2,1H3. The SMILES string of the molecule is COc1cc(CNc2ccc3ncccc3c2[N+](=O)[O-])ccc1OC(F)F. The van der Waals surface area contributed by atoms with Crippen LogP contribution in [0.15, 0.2) is 48.7 Å². The summed E-state index contributed by atoms with van der Waals surface area (Å²) in [6.07, 6.45) is 1.56. The maximum Gasteiger partial charge on any atom is 0.387 e. The van der Waals surface area contributed by atoms with Gasteiger partial charge in [-0.2, -0.15) is 8.78 Å². The van der Waals surface area contributed by atoms with Gasteiger partial charge in [-0.1, -0.05) is 6.07 Å². The van der Waals surface area contributed by atoms with Gasteiger partial charge in [-0.25, -0.2) is 0 Å². The minimum Gasteiger partial charge on any atom is -0.493 e. The van der Waals surface area contributed by atoms with Crippen LogP contribution < -0.4 is 14.8 Å². The first-order valence-electron chi connectivity index (χ1n) is 7.87. The fourth-order valence-corrected chi connectivity index (χ4v) is 2.69. The van der Waals surface area contributed by atoms with Crippen molar-refractivity contribution in [3.05, 3.63) is 64.3 Å². The predicted molar refractivity (Wildman–Crippen MR) is 95.4 cm³/mol. The summed E-state index contributed by atoms with van der Waals surface area (Å²) in [5.41, 5.74) is 1.44. The van der Waals surface area contributed by atoms with E-state index < -0.39 is 11.5 Å². The number of hydrogen-bond acceptors (Lipinski definition) is 6. The number of alkyl halides is 2. The first kappa shape index (κ1) is 18.3. The molecular weight excluding hydrogens is 360 g/mol. The number of hydrogen-bond donors (Lipinski definition) is 1. The number of aromatic nitrogens is 1. The highest BCUT2D eigenvalue weighted by Crippen LogP contribution is 2.34. The van der Waals surface area contributed by atoms with E-state index >= 15 is 0 Å². The van der Waals surface area contributed by atoms with Gasteiger partial charge in [0, 0.05) is 12.7 Å². The molecule has 0 aliphatic rings. The molecule has 0 spiro atoms. The third-order valence-electron chi connectivity index (χ3n) is 3.87. The Morgan fingerprint density at radius 1 is 1.22 bits per heavy atom. The number of anilines is 1. The molecule has 1 N–H and O–H groups in total. The minimum atomic E-state index is -2.96. The Balaban J connectivity index is 1.86. The molecule has 1 aromatic heterocycles. The average molecular weight is 375 g/mol. The fraction of sp³-hybridized carbons (Fsp3) is 0.167. The maximum atomic E-state index is 12.4. The number of methoxy groups -OCH3 is 1. The van der Waals surface area contributed by atoms with Gasteiger partial charge in [-0.3, -0.25) is 15.1 Å². The van der Waals surface area contributed by atoms with Gasteiger partial charge in [0.2, 0.25) is 0 Å². The summed E-state index contributed by atoms with van der Waals surface area (Å²) in [6, 6.07) is 11.0. The topological polar surface area (TPSA) is 86.5 Å². The zero-order valence-electron chi connectivity index (χ0n) is 14.2. The number of pyridine rings is 1. The number of halogens is 2. The van der Waals surface area contributed by atoms with E-state index in [0.717, 1.165) is 0 Å². The van der Waals surface area contributed by atoms with Crippen LogP contribution in [0.3, 0.4) is 0 Å². The second kappa shape index (κ2) is 7.81. The molecule has 0 aliphatic carbocycles. The summed E-state index contributed by atoms with van der Waals surface area (Å²) in [7, 11) is 1.34. The third-order valence-corrected chi connectivity index (χ3v) is 3.87. The zero-order valence-corrected chi connectivity index (χ0v) is 14.2. The van der Waals surface area contributed by atoms with Gasteiger partial charge in [0.25, 0.3) is 0 Å². The Labute approximate surface area is 152 Å². The molecule has 0 amide bonds. The minimum absolute atomic E-state index is 0.0785. The van der Waals surface area contributed by atoms with Crippen LogP contribution in [0.2, 0.25) is 0 Å². The molecule has 27 heavy (non-hydrogen) atoms. The van der Waals surface area contributed by atoms with Crippen molar-refractivity contribution >= 4 is 22.3 Å². The lowest BCUT2D eigenvalue weighted by Gasteiger charge is -2.13. The number of nitrogens with zero attached hydrogens (tertiary/aromatic N) is 2. The second-order valence-electron chi connectivity index (χ2n) is 5.51. The van der Waals surface area contributed by atoms with Crippen LogP contribution >= 0.6 is 0 Å². The van der Waals surface area contributed by atoms with Crippen LogP contribution in [-0.4, -0.2) is 23.6 Å². The Morgan fingerprint density at radius 2 is 2.04 bits per heavy atom. The molecule has 3 rings (SSSR count). The molecule has 9 heteroatoms. The molecule has 7 nitrogen and oxygen atoms in total. The van der Waals surface area contributed by atoms with Crippen molar-refractivity contribution in [2.24, 2.45) is 0 Å². The van der Waals surface area contributed by atoms with E-state index in [4.69, 9.17) is 4.74 Å². The van der Waals surface area contributed by atoms with Gasteiger partial charge in [0.1, 0.15) is 5.69 Å². The summed E-state index contributed by atoms with van der Waals surface area (Å²) in [4.78, 5) is 15.2. The van der Waals surface area contributed by atoms with Crippen LogP contribution in [0.1, 0.15) is 5.56 Å². The van der Waals surface area contributed by atoms with Crippen molar-refractivity contribution in [1.29, 1.82) is 0 Å². The summed E-state index contributed by atoms with van der Waals surface area (Å²) in [5, 5.41) is 14.9. The second-order valence-corrected chi connectivity index (χ2v) is 5.51. The molecule has 0 unspecified atom stereocenters. The van der Waals surface area contributed by atoms with Gasteiger partial charge < -0.3 is 14.8 Å². The lowest BCUT2D eigenvalue weighted by Crippen LogP contribution is -2.06. The van der Waals surface area contributed by atoms with E-state index in [9.17, 15) is 18.9 Å². The molecule has 140 valence electrons. The van der Waals surface area contributed by atoms with Crippen LogP contribution in [0.4, 0.5) is 20.2 Å². The molecule has 0 saturated heterocycles. The largest absolute Gasteiger partial charge is 0.493 e. The Morgan fingerprint density at radius 3 is 2.74 bits per heavy atom. The first-order valence-corrected chi connectivity index (χ1v) is 7.87. The van der Waals surface area contributed by atoms with Crippen molar-refractivity contribution < 1.29 is 23.2 Å². The average Bonchev–Trinajstić information content (AvgIpc) is 2.65. The molecule has 0 fully saturated rings. The lowest BCUT2D eigenvalue weighted by atomic mass is 10.1. The Hall–Kier alpha value is -3.49. The van der Waals surface area contributed by atoms with Crippen LogP contribution in [0.25, 0.3) is 10.9 Å². The third kappa shape index (κ3) is 4.02. The molecule has 0 saturated carbocycles. The van der Waals surface area contributed by atoms with Gasteiger partial charge >= 0.3 is 12.3 Å². The van der Waals surface area contributed by atoms with Crippen LogP contribution in [-0.2, 0) is 6.54 Å². The smallest absolute Gasteiger partial charge is 0.387 e. The van der Waals surface area contributed by atoms with Crippen LogP contribution in [0, 0.1) is 10.1 Å². The molecule has 2 aromatic carbocycles. The maximum absolute atomic E-state index is 12.4. The monoisotopic (exact) mass is 375 g/mol. The Bertz CT molecular complexity index is 982. The highest BCUT2D eigenvalue weighted by atomic mass is 19.3. The van der Waals surface area contributed by atoms with Gasteiger partial charge in [-0.05, 0) is 42.0 Å². The highest BCUT2D eigenvalue weighted by Gasteiger charge is 2.19. The molecule has 0 bridgehead atoms. The van der Waals surface area contributed by atoms with Crippen molar-refractivity contribution in [2.75, 3.05) is 12.4 Å². The normalized spacial score (nSPS) is 10.8. The summed E-state index contributed by atoms with van der Waals surface area (Å²) < 4.78 is 34.2. The number of benzene rings is 2. The number of ether oxygens (including phenoxy) is 2. The van der Waals surface area contributed by atoms with Crippen LogP contribution in [0.5, 0.6) is 11.5 Å². The molecular formula is C18H15F2N3O4. The van der Waals surface area contributed by atoms with Gasteiger partial charge in [0.05, 0.1) is 22.9 Å². The number of nitrogens with one attached hydrogen (secondary N) is 1. The molecule has 0 radical (unpaired) electrons. The van der Waals surface area contributed by atoms with E-state index in [-0.39, 0.29) is 23.7 Å². The number of rotatable bonds is 7. The molecule has 0 aliphatic heterocycles. The molecule has 1 heterocycles. The van der Waals surface area contributed by atoms with Crippen molar-refractivity contribution in [3.8, 4) is 11.5 Å².